The smallest absolute Gasteiger partial charge is 0.264 e. The summed E-state index contributed by atoms with van der Waals surface area (Å²) in [5, 5.41) is 2.85. The lowest BCUT2D eigenvalue weighted by Crippen LogP contribution is -2.30. The Hall–Kier alpha value is -3.32. The lowest BCUT2D eigenvalue weighted by atomic mass is 10.1. The highest BCUT2D eigenvalue weighted by Crippen LogP contribution is 2.26. The summed E-state index contributed by atoms with van der Waals surface area (Å²) in [4.78, 5) is 12.5. The van der Waals surface area contributed by atoms with Crippen molar-refractivity contribution in [2.45, 2.75) is 32.6 Å². The largest absolute Gasteiger partial charge is 0.484 e. The number of sulfonamides is 1. The van der Waals surface area contributed by atoms with Crippen molar-refractivity contribution in [3.63, 3.8) is 0 Å². The fourth-order valence-corrected chi connectivity index (χ4v) is 4.72. The summed E-state index contributed by atoms with van der Waals surface area (Å²) in [6.07, 6.45) is 0. The minimum atomic E-state index is -3.67. The number of carbonyl (C=O) groups is 1. The first kappa shape index (κ1) is 23.3. The maximum absolute atomic E-state index is 13.0. The van der Waals surface area contributed by atoms with Crippen LogP contribution in [0.3, 0.4) is 0 Å². The van der Waals surface area contributed by atoms with Gasteiger partial charge in [0.2, 0.25) is 0 Å². The zero-order chi connectivity index (χ0) is 23.3. The molecule has 0 aliphatic rings. The van der Waals surface area contributed by atoms with Gasteiger partial charge in [0, 0.05) is 12.2 Å². The number of anilines is 2. The molecule has 3 aromatic rings. The molecule has 0 atom stereocenters. The molecule has 0 unspecified atom stereocenters. The van der Waals surface area contributed by atoms with Crippen LogP contribution >= 0.6 is 0 Å². The van der Waals surface area contributed by atoms with Crippen LogP contribution in [-0.2, 0) is 14.8 Å². The highest BCUT2D eigenvalue weighted by atomic mass is 32.2. The lowest BCUT2D eigenvalue weighted by molar-refractivity contribution is -0.118. The van der Waals surface area contributed by atoms with Gasteiger partial charge in [-0.15, -0.1) is 0 Å². The Kier molecular flexibility index (Phi) is 7.20. The quantitative estimate of drug-likeness (QED) is 0.530. The molecule has 1 amide bonds. The number of nitrogens with zero attached hydrogens (tertiary/aromatic N) is 1. The maximum Gasteiger partial charge on any atom is 0.264 e. The summed E-state index contributed by atoms with van der Waals surface area (Å²) in [6, 6.07) is 19.3. The van der Waals surface area contributed by atoms with Crippen LogP contribution in [0.15, 0.2) is 71.6 Å². The van der Waals surface area contributed by atoms with Gasteiger partial charge in [-0.2, -0.15) is 0 Å². The fourth-order valence-electron chi connectivity index (χ4n) is 3.24. The Morgan fingerprint density at radius 1 is 0.906 bits per heavy atom. The van der Waals surface area contributed by atoms with Crippen molar-refractivity contribution in [2.75, 3.05) is 22.8 Å². The van der Waals surface area contributed by atoms with Crippen LogP contribution in [0, 0.1) is 20.8 Å². The number of aryl methyl sites for hydroxylation is 3. The number of carbonyl (C=O) groups excluding carboxylic acids is 1. The number of hydrogen-bond donors (Lipinski definition) is 1. The standard InChI is InChI=1S/C25H28N2O4S/c1-5-27(32(29,30)23-14-7-18(2)8-15-23)21-10-12-22(13-11-21)31-17-25(28)26-24-16-19(3)6-9-20(24)4/h6-16H,5,17H2,1-4H3,(H,26,28). The second-order valence-corrected chi connectivity index (χ2v) is 9.49. The van der Waals surface area contributed by atoms with Gasteiger partial charge >= 0.3 is 0 Å². The van der Waals surface area contributed by atoms with Crippen molar-refractivity contribution in [1.29, 1.82) is 0 Å². The molecule has 0 heterocycles. The van der Waals surface area contributed by atoms with Crippen molar-refractivity contribution in [2.24, 2.45) is 0 Å². The summed E-state index contributed by atoms with van der Waals surface area (Å²) in [6.45, 7) is 7.73. The average molecular weight is 453 g/mol. The zero-order valence-corrected chi connectivity index (χ0v) is 19.6. The van der Waals surface area contributed by atoms with E-state index in [2.05, 4.69) is 5.32 Å². The highest BCUT2D eigenvalue weighted by Gasteiger charge is 2.23. The molecule has 6 nitrogen and oxygen atoms in total. The van der Waals surface area contributed by atoms with Crippen LogP contribution in [0.4, 0.5) is 11.4 Å². The summed E-state index contributed by atoms with van der Waals surface area (Å²) in [5.74, 6) is 0.216. The van der Waals surface area contributed by atoms with Crippen molar-refractivity contribution in [3.8, 4) is 5.75 Å². The maximum atomic E-state index is 13.0. The van der Waals surface area contributed by atoms with Crippen molar-refractivity contribution in [3.05, 3.63) is 83.4 Å². The van der Waals surface area contributed by atoms with E-state index in [4.69, 9.17) is 4.74 Å². The van der Waals surface area contributed by atoms with E-state index in [0.29, 0.717) is 11.4 Å². The SMILES string of the molecule is CCN(c1ccc(OCC(=O)Nc2cc(C)ccc2C)cc1)S(=O)(=O)c1ccc(C)cc1. The van der Waals surface area contributed by atoms with Crippen LogP contribution < -0.4 is 14.4 Å². The van der Waals surface area contributed by atoms with Crippen LogP contribution in [0.5, 0.6) is 5.75 Å². The molecule has 0 aliphatic carbocycles. The monoisotopic (exact) mass is 452 g/mol. The Morgan fingerprint density at radius 2 is 1.53 bits per heavy atom. The molecule has 168 valence electrons. The molecule has 0 aromatic heterocycles. The van der Waals surface area contributed by atoms with E-state index in [1.807, 2.05) is 39.0 Å². The van der Waals surface area contributed by atoms with Crippen LogP contribution in [0.25, 0.3) is 0 Å². The third-order valence-electron chi connectivity index (χ3n) is 5.06. The molecule has 1 N–H and O–H groups in total. The number of rotatable bonds is 8. The van der Waals surface area contributed by atoms with Gasteiger partial charge in [-0.1, -0.05) is 29.8 Å². The Labute approximate surface area is 189 Å². The lowest BCUT2D eigenvalue weighted by Gasteiger charge is -2.23. The van der Waals surface area contributed by atoms with Crippen molar-refractivity contribution < 1.29 is 17.9 Å². The number of nitrogens with one attached hydrogen (secondary N) is 1. The molecule has 0 saturated heterocycles. The molecule has 7 heteroatoms. The van der Waals surface area contributed by atoms with Crippen LogP contribution in [0.1, 0.15) is 23.6 Å². The van der Waals surface area contributed by atoms with Gasteiger partial charge in [0.25, 0.3) is 15.9 Å². The molecule has 0 radical (unpaired) electrons. The second-order valence-electron chi connectivity index (χ2n) is 7.63. The van der Waals surface area contributed by atoms with Gasteiger partial charge in [0.05, 0.1) is 10.6 Å². The first-order chi connectivity index (χ1) is 15.2. The number of benzene rings is 3. The molecule has 0 fully saturated rings. The Morgan fingerprint density at radius 3 is 2.16 bits per heavy atom. The van der Waals surface area contributed by atoms with E-state index in [1.165, 1.54) is 4.31 Å². The van der Waals surface area contributed by atoms with Crippen LogP contribution in [0.2, 0.25) is 0 Å². The molecular weight excluding hydrogens is 424 g/mol. The molecule has 0 bridgehead atoms. The first-order valence-corrected chi connectivity index (χ1v) is 11.8. The molecule has 0 aliphatic heterocycles. The third kappa shape index (κ3) is 5.48. The van der Waals surface area contributed by atoms with E-state index >= 15 is 0 Å². The normalized spacial score (nSPS) is 11.1. The van der Waals surface area contributed by atoms with Crippen molar-refractivity contribution in [1.82, 2.24) is 0 Å². The number of ether oxygens (including phenoxy) is 1. The highest BCUT2D eigenvalue weighted by molar-refractivity contribution is 7.92. The van der Waals surface area contributed by atoms with Gasteiger partial charge in [-0.3, -0.25) is 9.10 Å². The van der Waals surface area contributed by atoms with Gasteiger partial charge in [-0.05, 0) is 81.3 Å². The Balaban J connectivity index is 1.66. The molecule has 3 rings (SSSR count). The van der Waals surface area contributed by atoms with Crippen molar-refractivity contribution >= 4 is 27.3 Å². The van der Waals surface area contributed by atoms with E-state index in [0.717, 1.165) is 22.4 Å². The molecule has 3 aromatic carbocycles. The van der Waals surface area contributed by atoms with E-state index in [-0.39, 0.29) is 24.0 Å². The molecule has 32 heavy (non-hydrogen) atoms. The topological polar surface area (TPSA) is 75.7 Å². The molecule has 0 saturated carbocycles. The molecule has 0 spiro atoms. The van der Waals surface area contributed by atoms with Gasteiger partial charge in [0.1, 0.15) is 5.75 Å². The third-order valence-corrected chi connectivity index (χ3v) is 6.98. The summed E-state index contributed by atoms with van der Waals surface area (Å²) in [7, 11) is -3.67. The fraction of sp³-hybridized carbons (Fsp3) is 0.240. The number of hydrogen-bond acceptors (Lipinski definition) is 4. The van der Waals surface area contributed by atoms with E-state index in [1.54, 1.807) is 55.5 Å². The summed E-state index contributed by atoms with van der Waals surface area (Å²) >= 11 is 0. The average Bonchev–Trinajstić information content (AvgIpc) is 2.76. The minimum Gasteiger partial charge on any atom is -0.484 e. The Bertz CT molecular complexity index is 1190. The number of amides is 1. The van der Waals surface area contributed by atoms with Gasteiger partial charge in [-0.25, -0.2) is 8.42 Å². The first-order valence-electron chi connectivity index (χ1n) is 10.4. The van der Waals surface area contributed by atoms with Crippen LogP contribution in [-0.4, -0.2) is 27.5 Å². The van der Waals surface area contributed by atoms with E-state index in [9.17, 15) is 13.2 Å². The predicted molar refractivity (Wildman–Crippen MR) is 128 cm³/mol. The molecular formula is C25H28N2O4S. The van der Waals surface area contributed by atoms with Gasteiger partial charge < -0.3 is 10.1 Å². The van der Waals surface area contributed by atoms with Gasteiger partial charge in [0.15, 0.2) is 6.61 Å². The zero-order valence-electron chi connectivity index (χ0n) is 18.8. The second kappa shape index (κ2) is 9.87. The van der Waals surface area contributed by atoms with E-state index < -0.39 is 10.0 Å². The predicted octanol–water partition coefficient (Wildman–Crippen LogP) is 4.84. The minimum absolute atomic E-state index is 0.147. The summed E-state index contributed by atoms with van der Waals surface area (Å²) in [5.41, 5.74) is 4.32. The summed E-state index contributed by atoms with van der Waals surface area (Å²) < 4.78 is 33.0.